The molecular formula is C17H16ClNO2. The summed E-state index contributed by atoms with van der Waals surface area (Å²) in [5.41, 5.74) is 2.69. The summed E-state index contributed by atoms with van der Waals surface area (Å²) in [6, 6.07) is 13.0. The zero-order valence-corrected chi connectivity index (χ0v) is 12.6. The van der Waals surface area contributed by atoms with E-state index in [-0.39, 0.29) is 5.91 Å². The van der Waals surface area contributed by atoms with E-state index in [4.69, 9.17) is 16.3 Å². The van der Waals surface area contributed by atoms with Gasteiger partial charge in [0.05, 0.1) is 12.8 Å². The van der Waals surface area contributed by atoms with Gasteiger partial charge in [0.2, 0.25) is 5.91 Å². The predicted octanol–water partition coefficient (Wildman–Crippen LogP) is 4.31. The Morgan fingerprint density at radius 1 is 1.19 bits per heavy atom. The Balaban J connectivity index is 2.08. The van der Waals surface area contributed by atoms with Crippen molar-refractivity contribution < 1.29 is 9.53 Å². The molecule has 0 aliphatic heterocycles. The Morgan fingerprint density at radius 2 is 1.90 bits per heavy atom. The zero-order valence-electron chi connectivity index (χ0n) is 11.9. The second-order valence-corrected chi connectivity index (χ2v) is 5.01. The number of benzene rings is 2. The summed E-state index contributed by atoms with van der Waals surface area (Å²) in [5.74, 6) is 0.327. The van der Waals surface area contributed by atoms with E-state index in [9.17, 15) is 4.79 Å². The molecule has 3 nitrogen and oxygen atoms in total. The number of hydrogen-bond acceptors (Lipinski definition) is 2. The van der Waals surface area contributed by atoms with Crippen LogP contribution in [0, 0.1) is 6.92 Å². The van der Waals surface area contributed by atoms with Crippen LogP contribution >= 0.6 is 11.6 Å². The summed E-state index contributed by atoms with van der Waals surface area (Å²) in [6.45, 7) is 2.02. The van der Waals surface area contributed by atoms with E-state index in [1.165, 1.54) is 11.6 Å². The van der Waals surface area contributed by atoms with E-state index < -0.39 is 0 Å². The van der Waals surface area contributed by atoms with Gasteiger partial charge >= 0.3 is 0 Å². The highest BCUT2D eigenvalue weighted by Crippen LogP contribution is 2.27. The molecule has 0 aromatic heterocycles. The van der Waals surface area contributed by atoms with Gasteiger partial charge in [-0.1, -0.05) is 41.4 Å². The number of nitrogens with one attached hydrogen (secondary N) is 1. The Labute approximate surface area is 129 Å². The topological polar surface area (TPSA) is 38.3 Å². The van der Waals surface area contributed by atoms with E-state index >= 15 is 0 Å². The summed E-state index contributed by atoms with van der Waals surface area (Å²) in [6.07, 6.45) is 3.23. The molecule has 0 aliphatic carbocycles. The molecule has 108 valence electrons. The number of hydrogen-bond donors (Lipinski definition) is 1. The van der Waals surface area contributed by atoms with Crippen molar-refractivity contribution in [3.63, 3.8) is 0 Å². The standard InChI is InChI=1S/C17H16ClNO2/c1-12-3-5-13(6-4-12)7-10-17(20)19-15-11-14(18)8-9-16(15)21-2/h3-11H,1-2H3,(H,19,20)/b10-7+. The molecule has 0 fully saturated rings. The van der Waals surface area contributed by atoms with Gasteiger partial charge in [-0.3, -0.25) is 4.79 Å². The maximum absolute atomic E-state index is 11.9. The number of carbonyl (C=O) groups is 1. The van der Waals surface area contributed by atoms with E-state index in [1.54, 1.807) is 31.4 Å². The van der Waals surface area contributed by atoms with Crippen molar-refractivity contribution in [1.29, 1.82) is 0 Å². The highest BCUT2D eigenvalue weighted by molar-refractivity contribution is 6.31. The fourth-order valence-corrected chi connectivity index (χ4v) is 1.97. The first-order valence-corrected chi connectivity index (χ1v) is 6.85. The number of rotatable bonds is 4. The van der Waals surface area contributed by atoms with Gasteiger partial charge in [0, 0.05) is 11.1 Å². The molecule has 0 saturated heterocycles. The molecule has 0 radical (unpaired) electrons. The fraction of sp³-hybridized carbons (Fsp3) is 0.118. The summed E-state index contributed by atoms with van der Waals surface area (Å²) < 4.78 is 5.18. The van der Waals surface area contributed by atoms with Crippen molar-refractivity contribution in [2.24, 2.45) is 0 Å². The monoisotopic (exact) mass is 301 g/mol. The average molecular weight is 302 g/mol. The summed E-state index contributed by atoms with van der Waals surface area (Å²) in [5, 5.41) is 3.28. The van der Waals surface area contributed by atoms with Crippen LogP contribution in [0.15, 0.2) is 48.5 Å². The molecule has 0 aliphatic rings. The number of halogens is 1. The molecule has 2 rings (SSSR count). The van der Waals surface area contributed by atoms with Gasteiger partial charge in [-0.15, -0.1) is 0 Å². The van der Waals surface area contributed by atoms with Crippen molar-refractivity contribution in [3.8, 4) is 5.75 Å². The smallest absolute Gasteiger partial charge is 0.248 e. The number of methoxy groups -OCH3 is 1. The number of ether oxygens (including phenoxy) is 1. The molecule has 1 N–H and O–H groups in total. The molecule has 0 atom stereocenters. The lowest BCUT2D eigenvalue weighted by molar-refractivity contribution is -0.111. The van der Waals surface area contributed by atoms with Crippen LogP contribution in [0.5, 0.6) is 5.75 Å². The highest BCUT2D eigenvalue weighted by Gasteiger charge is 2.06. The van der Waals surface area contributed by atoms with Gasteiger partial charge < -0.3 is 10.1 Å². The maximum atomic E-state index is 11.9. The first kappa shape index (κ1) is 15.1. The lowest BCUT2D eigenvalue weighted by Crippen LogP contribution is -2.08. The third-order valence-corrected chi connectivity index (χ3v) is 3.16. The fourth-order valence-electron chi connectivity index (χ4n) is 1.80. The Kier molecular flexibility index (Phi) is 5.01. The van der Waals surface area contributed by atoms with Gasteiger partial charge in [0.25, 0.3) is 0 Å². The number of carbonyl (C=O) groups excluding carboxylic acids is 1. The third-order valence-electron chi connectivity index (χ3n) is 2.92. The van der Waals surface area contributed by atoms with Crippen LogP contribution in [0.1, 0.15) is 11.1 Å². The number of anilines is 1. The van der Waals surface area contributed by atoms with Crippen molar-refractivity contribution in [1.82, 2.24) is 0 Å². The largest absolute Gasteiger partial charge is 0.495 e. The van der Waals surface area contributed by atoms with E-state index in [2.05, 4.69) is 5.32 Å². The molecule has 0 spiro atoms. The minimum Gasteiger partial charge on any atom is -0.495 e. The van der Waals surface area contributed by atoms with Crippen LogP contribution in [0.4, 0.5) is 5.69 Å². The van der Waals surface area contributed by atoms with E-state index in [0.29, 0.717) is 16.5 Å². The first-order valence-electron chi connectivity index (χ1n) is 6.48. The molecule has 2 aromatic rings. The molecule has 0 bridgehead atoms. The summed E-state index contributed by atoms with van der Waals surface area (Å²) >= 11 is 5.92. The molecule has 4 heteroatoms. The van der Waals surface area contributed by atoms with E-state index in [0.717, 1.165) is 5.56 Å². The zero-order chi connectivity index (χ0) is 15.2. The quantitative estimate of drug-likeness (QED) is 0.855. The molecule has 1 amide bonds. The Hall–Kier alpha value is -2.26. The van der Waals surface area contributed by atoms with Crippen molar-refractivity contribution >= 4 is 29.3 Å². The molecule has 2 aromatic carbocycles. The number of amides is 1. The first-order chi connectivity index (χ1) is 10.1. The van der Waals surface area contributed by atoms with Gasteiger partial charge in [0.1, 0.15) is 5.75 Å². The third kappa shape index (κ3) is 4.36. The van der Waals surface area contributed by atoms with Gasteiger partial charge in [-0.2, -0.15) is 0 Å². The van der Waals surface area contributed by atoms with E-state index in [1.807, 2.05) is 31.2 Å². The molecular weight excluding hydrogens is 286 g/mol. The van der Waals surface area contributed by atoms with Crippen molar-refractivity contribution in [3.05, 3.63) is 64.7 Å². The predicted molar refractivity (Wildman–Crippen MR) is 86.8 cm³/mol. The van der Waals surface area contributed by atoms with Crippen LogP contribution in [-0.4, -0.2) is 13.0 Å². The van der Waals surface area contributed by atoms with Gasteiger partial charge in [-0.25, -0.2) is 0 Å². The van der Waals surface area contributed by atoms with Crippen LogP contribution < -0.4 is 10.1 Å². The number of aryl methyl sites for hydroxylation is 1. The van der Waals surface area contributed by atoms with Crippen LogP contribution in [-0.2, 0) is 4.79 Å². The van der Waals surface area contributed by atoms with Gasteiger partial charge in [-0.05, 0) is 36.8 Å². The average Bonchev–Trinajstić information content (AvgIpc) is 2.47. The minimum absolute atomic E-state index is 0.240. The second kappa shape index (κ2) is 6.95. The summed E-state index contributed by atoms with van der Waals surface area (Å²) in [7, 11) is 1.54. The lowest BCUT2D eigenvalue weighted by Gasteiger charge is -2.08. The highest BCUT2D eigenvalue weighted by atomic mass is 35.5. The molecule has 21 heavy (non-hydrogen) atoms. The summed E-state index contributed by atoms with van der Waals surface area (Å²) in [4.78, 5) is 11.9. The van der Waals surface area contributed by atoms with Crippen molar-refractivity contribution in [2.75, 3.05) is 12.4 Å². The molecule has 0 unspecified atom stereocenters. The normalized spacial score (nSPS) is 10.6. The SMILES string of the molecule is COc1ccc(Cl)cc1NC(=O)/C=C/c1ccc(C)cc1. The van der Waals surface area contributed by atoms with Crippen LogP contribution in [0.25, 0.3) is 6.08 Å². The minimum atomic E-state index is -0.240. The Bertz CT molecular complexity index is 663. The molecule has 0 heterocycles. The van der Waals surface area contributed by atoms with Crippen LogP contribution in [0.2, 0.25) is 5.02 Å². The maximum Gasteiger partial charge on any atom is 0.248 e. The van der Waals surface area contributed by atoms with Crippen LogP contribution in [0.3, 0.4) is 0 Å². The molecule has 0 saturated carbocycles. The van der Waals surface area contributed by atoms with Crippen molar-refractivity contribution in [2.45, 2.75) is 6.92 Å². The second-order valence-electron chi connectivity index (χ2n) is 4.58. The lowest BCUT2D eigenvalue weighted by atomic mass is 10.1. The Morgan fingerprint density at radius 3 is 2.57 bits per heavy atom. The van der Waals surface area contributed by atoms with Gasteiger partial charge in [0.15, 0.2) is 0 Å².